The normalized spacial score (nSPS) is 10.5. The Morgan fingerprint density at radius 1 is 1.45 bits per heavy atom. The summed E-state index contributed by atoms with van der Waals surface area (Å²) in [6.07, 6.45) is 0. The van der Waals surface area contributed by atoms with Crippen molar-refractivity contribution >= 4 is 11.6 Å². The number of aromatic nitrogens is 4. The predicted octanol–water partition coefficient (Wildman–Crippen LogP) is -1.45. The number of benzene rings is 1. The molecule has 0 bridgehead atoms. The number of primary amides is 1. The Morgan fingerprint density at radius 3 is 2.70 bits per heavy atom. The fourth-order valence-corrected chi connectivity index (χ4v) is 1.45. The summed E-state index contributed by atoms with van der Waals surface area (Å²) in [6, 6.07) is 2.09. The maximum atomic E-state index is 13.5. The van der Waals surface area contributed by atoms with Crippen LogP contribution in [0.1, 0.15) is 0 Å². The van der Waals surface area contributed by atoms with E-state index in [2.05, 4.69) is 10.4 Å². The number of tetrazole rings is 1. The fourth-order valence-electron chi connectivity index (χ4n) is 1.45. The molecule has 2 aromatic rings. The first-order valence-electron chi connectivity index (χ1n) is 5.39. The molecule has 0 radical (unpaired) electrons. The molecule has 4 N–H and O–H groups in total. The molecule has 0 unspecified atom stereocenters. The third-order valence-corrected chi connectivity index (χ3v) is 2.40. The van der Waals surface area contributed by atoms with Crippen LogP contribution in [0.2, 0.25) is 0 Å². The van der Waals surface area contributed by atoms with Crippen LogP contribution in [0.3, 0.4) is 0 Å². The lowest BCUT2D eigenvalue weighted by molar-refractivity contribution is -0.119. The van der Waals surface area contributed by atoms with Crippen molar-refractivity contribution in [2.24, 2.45) is 12.8 Å². The molecule has 9 nitrogen and oxygen atoms in total. The van der Waals surface area contributed by atoms with Gasteiger partial charge in [0.05, 0.1) is 5.69 Å². The highest BCUT2D eigenvalue weighted by atomic mass is 19.1. The first-order chi connectivity index (χ1) is 9.40. The molecule has 2 rings (SSSR count). The van der Waals surface area contributed by atoms with E-state index in [9.17, 15) is 14.0 Å². The maximum absolute atomic E-state index is 13.5. The van der Waals surface area contributed by atoms with E-state index >= 15 is 0 Å². The van der Waals surface area contributed by atoms with Gasteiger partial charge < -0.3 is 16.2 Å². The standard InChI is InChI=1S/C10H11FN6O3/c1-16-10(19)17(15-14-16)7-3-6(12)5(11)2-8(7)20-4-9(13)18/h2-3H,4,12H2,1H3,(H2,13,18). The number of hydrogen-bond donors (Lipinski definition) is 2. The summed E-state index contributed by atoms with van der Waals surface area (Å²) >= 11 is 0. The van der Waals surface area contributed by atoms with Gasteiger partial charge in [0, 0.05) is 13.1 Å². The number of ether oxygens (including phenoxy) is 1. The van der Waals surface area contributed by atoms with Crippen molar-refractivity contribution in [3.63, 3.8) is 0 Å². The van der Waals surface area contributed by atoms with Gasteiger partial charge in [-0.15, -0.1) is 0 Å². The molecular weight excluding hydrogens is 271 g/mol. The summed E-state index contributed by atoms with van der Waals surface area (Å²) in [5.41, 5.74) is 9.67. The third kappa shape index (κ3) is 2.43. The van der Waals surface area contributed by atoms with Gasteiger partial charge in [-0.3, -0.25) is 4.79 Å². The van der Waals surface area contributed by atoms with Crippen LogP contribution in [0.5, 0.6) is 5.75 Å². The van der Waals surface area contributed by atoms with Crippen LogP contribution >= 0.6 is 0 Å². The molecule has 20 heavy (non-hydrogen) atoms. The van der Waals surface area contributed by atoms with Gasteiger partial charge in [0.1, 0.15) is 17.3 Å². The molecule has 0 spiro atoms. The van der Waals surface area contributed by atoms with E-state index in [-0.39, 0.29) is 17.1 Å². The Bertz CT molecular complexity index is 722. The van der Waals surface area contributed by atoms with Crippen molar-refractivity contribution in [1.29, 1.82) is 0 Å². The Labute approximate surface area is 111 Å². The number of nitrogens with zero attached hydrogens (tertiary/aromatic N) is 4. The number of anilines is 1. The number of nitrogen functional groups attached to an aromatic ring is 1. The number of nitrogens with two attached hydrogens (primary N) is 2. The topological polar surface area (TPSA) is 131 Å². The van der Waals surface area contributed by atoms with E-state index in [1.165, 1.54) is 7.05 Å². The van der Waals surface area contributed by atoms with Gasteiger partial charge in [-0.25, -0.2) is 9.18 Å². The molecule has 1 heterocycles. The fraction of sp³-hybridized carbons (Fsp3) is 0.200. The van der Waals surface area contributed by atoms with Crippen molar-refractivity contribution in [1.82, 2.24) is 19.8 Å². The van der Waals surface area contributed by atoms with E-state index in [0.29, 0.717) is 0 Å². The number of halogens is 1. The van der Waals surface area contributed by atoms with Crippen molar-refractivity contribution in [2.75, 3.05) is 12.3 Å². The summed E-state index contributed by atoms with van der Waals surface area (Å²) in [5.74, 6) is -1.61. The summed E-state index contributed by atoms with van der Waals surface area (Å²) < 4.78 is 20.3. The van der Waals surface area contributed by atoms with Crippen LogP contribution in [-0.2, 0) is 11.8 Å². The zero-order valence-corrected chi connectivity index (χ0v) is 10.4. The minimum atomic E-state index is -0.759. The minimum Gasteiger partial charge on any atom is -0.481 e. The first kappa shape index (κ1) is 13.5. The Morgan fingerprint density at radius 2 is 2.15 bits per heavy atom. The molecule has 106 valence electrons. The van der Waals surface area contributed by atoms with Crippen LogP contribution in [0.15, 0.2) is 16.9 Å². The number of carbonyl (C=O) groups excluding carboxylic acids is 1. The summed E-state index contributed by atoms with van der Waals surface area (Å²) in [6.45, 7) is -0.481. The molecule has 0 atom stereocenters. The number of rotatable bonds is 4. The Hall–Kier alpha value is -2.91. The quantitative estimate of drug-likeness (QED) is 0.660. The lowest BCUT2D eigenvalue weighted by Gasteiger charge is -2.10. The smallest absolute Gasteiger partial charge is 0.368 e. The molecule has 0 aliphatic heterocycles. The molecular formula is C10H11FN6O3. The van der Waals surface area contributed by atoms with Crippen LogP contribution in [0, 0.1) is 5.82 Å². The van der Waals surface area contributed by atoms with Gasteiger partial charge >= 0.3 is 5.69 Å². The van der Waals surface area contributed by atoms with Crippen molar-refractivity contribution < 1.29 is 13.9 Å². The summed E-state index contributed by atoms with van der Waals surface area (Å²) in [4.78, 5) is 22.5. The van der Waals surface area contributed by atoms with E-state index < -0.39 is 24.0 Å². The number of amides is 1. The molecule has 1 aromatic heterocycles. The number of aryl methyl sites for hydroxylation is 1. The zero-order chi connectivity index (χ0) is 14.9. The second kappa shape index (κ2) is 4.99. The molecule has 0 saturated carbocycles. The largest absolute Gasteiger partial charge is 0.481 e. The van der Waals surface area contributed by atoms with Crippen molar-refractivity contribution in [2.45, 2.75) is 0 Å². The second-order valence-corrected chi connectivity index (χ2v) is 3.89. The van der Waals surface area contributed by atoms with Crippen molar-refractivity contribution in [3.05, 3.63) is 28.4 Å². The first-order valence-corrected chi connectivity index (χ1v) is 5.39. The monoisotopic (exact) mass is 282 g/mol. The van der Waals surface area contributed by atoms with Crippen LogP contribution in [-0.4, -0.2) is 32.3 Å². The Balaban J connectivity index is 2.55. The molecule has 0 aliphatic carbocycles. The average Bonchev–Trinajstić information content (AvgIpc) is 2.71. The molecule has 0 aliphatic rings. The molecule has 1 aromatic carbocycles. The number of hydrogen-bond acceptors (Lipinski definition) is 6. The van der Waals surface area contributed by atoms with Gasteiger partial charge in [-0.05, 0) is 16.5 Å². The molecule has 0 saturated heterocycles. The summed E-state index contributed by atoms with van der Waals surface area (Å²) in [5, 5.41) is 7.10. The highest BCUT2D eigenvalue weighted by molar-refractivity contribution is 5.75. The van der Waals surface area contributed by atoms with E-state index in [1.807, 2.05) is 0 Å². The molecule has 1 amide bonds. The Kier molecular flexibility index (Phi) is 3.37. The highest BCUT2D eigenvalue weighted by Gasteiger charge is 2.16. The third-order valence-electron chi connectivity index (χ3n) is 2.40. The van der Waals surface area contributed by atoms with Gasteiger partial charge in [0.2, 0.25) is 0 Å². The SMILES string of the molecule is Cn1nnn(-c2cc(N)c(F)cc2OCC(N)=O)c1=O. The van der Waals surface area contributed by atoms with Gasteiger partial charge in [0.15, 0.2) is 6.61 Å². The average molecular weight is 282 g/mol. The lowest BCUT2D eigenvalue weighted by Crippen LogP contribution is -2.24. The van der Waals surface area contributed by atoms with Crippen LogP contribution < -0.4 is 21.9 Å². The van der Waals surface area contributed by atoms with Gasteiger partial charge in [-0.2, -0.15) is 9.36 Å². The van der Waals surface area contributed by atoms with E-state index in [1.54, 1.807) is 0 Å². The molecule has 10 heteroatoms. The maximum Gasteiger partial charge on any atom is 0.368 e. The highest BCUT2D eigenvalue weighted by Crippen LogP contribution is 2.26. The van der Waals surface area contributed by atoms with Crippen LogP contribution in [0.25, 0.3) is 5.69 Å². The molecule has 0 fully saturated rings. The van der Waals surface area contributed by atoms with Gasteiger partial charge in [-0.1, -0.05) is 0 Å². The van der Waals surface area contributed by atoms with Crippen LogP contribution in [0.4, 0.5) is 10.1 Å². The zero-order valence-electron chi connectivity index (χ0n) is 10.4. The van der Waals surface area contributed by atoms with E-state index in [4.69, 9.17) is 16.2 Å². The second-order valence-electron chi connectivity index (χ2n) is 3.89. The van der Waals surface area contributed by atoms with E-state index in [0.717, 1.165) is 21.5 Å². The van der Waals surface area contributed by atoms with Gasteiger partial charge in [0.25, 0.3) is 5.91 Å². The lowest BCUT2D eigenvalue weighted by atomic mass is 10.2. The predicted molar refractivity (Wildman–Crippen MR) is 65.7 cm³/mol. The number of carbonyl (C=O) groups is 1. The summed E-state index contributed by atoms with van der Waals surface area (Å²) in [7, 11) is 1.39. The minimum absolute atomic E-state index is 0.0586. The van der Waals surface area contributed by atoms with Crippen molar-refractivity contribution in [3.8, 4) is 11.4 Å².